The van der Waals surface area contributed by atoms with E-state index in [4.69, 9.17) is 0 Å². The van der Waals surface area contributed by atoms with Crippen molar-refractivity contribution in [1.29, 1.82) is 0 Å². The highest BCUT2D eigenvalue weighted by Crippen LogP contribution is 2.00. The van der Waals surface area contributed by atoms with E-state index >= 15 is 0 Å². The Morgan fingerprint density at radius 1 is 1.25 bits per heavy atom. The third-order valence-electron chi connectivity index (χ3n) is 1.69. The van der Waals surface area contributed by atoms with Gasteiger partial charge < -0.3 is 0 Å². The molecule has 0 aromatic heterocycles. The number of hydrogen-bond donors (Lipinski definition) is 1. The van der Waals surface area contributed by atoms with Gasteiger partial charge in [0.1, 0.15) is 0 Å². The fourth-order valence-corrected chi connectivity index (χ4v) is 1.08. The number of carbonyl (C=O) groups excluding carboxylic acids is 1. The van der Waals surface area contributed by atoms with Crippen LogP contribution in [0.2, 0.25) is 0 Å². The summed E-state index contributed by atoms with van der Waals surface area (Å²) in [6.07, 6.45) is 0.538. The second-order valence-electron chi connectivity index (χ2n) is 3.48. The zero-order chi connectivity index (χ0) is 9.72. The van der Waals surface area contributed by atoms with Crippen LogP contribution in [0.15, 0.2) is 0 Å². The largest absolute Gasteiger partial charge is 0.288 e. The summed E-state index contributed by atoms with van der Waals surface area (Å²) < 4.78 is 0. The lowest BCUT2D eigenvalue weighted by Crippen LogP contribution is -2.49. The lowest BCUT2D eigenvalue weighted by Gasteiger charge is -2.30. The Balaban J connectivity index is 4.05. The SMILES string of the molecule is CCC(=O)NN(C(C)C)C(C)C. The monoisotopic (exact) mass is 172 g/mol. The van der Waals surface area contributed by atoms with Crippen LogP contribution in [0.1, 0.15) is 41.0 Å². The van der Waals surface area contributed by atoms with Gasteiger partial charge in [-0.2, -0.15) is 0 Å². The van der Waals surface area contributed by atoms with Gasteiger partial charge in [0, 0.05) is 18.5 Å². The molecule has 72 valence electrons. The van der Waals surface area contributed by atoms with Crippen molar-refractivity contribution in [3.8, 4) is 0 Å². The molecule has 0 saturated heterocycles. The molecule has 3 heteroatoms. The van der Waals surface area contributed by atoms with Crippen LogP contribution in [0.3, 0.4) is 0 Å². The minimum Gasteiger partial charge on any atom is -0.288 e. The predicted molar refractivity (Wildman–Crippen MR) is 50.5 cm³/mol. The first-order chi connectivity index (χ1) is 5.49. The van der Waals surface area contributed by atoms with Crippen molar-refractivity contribution in [2.24, 2.45) is 0 Å². The van der Waals surface area contributed by atoms with Gasteiger partial charge in [-0.05, 0) is 27.7 Å². The molecule has 0 aliphatic rings. The zero-order valence-corrected chi connectivity index (χ0v) is 8.72. The first-order valence-electron chi connectivity index (χ1n) is 4.56. The molecule has 1 amide bonds. The van der Waals surface area contributed by atoms with Crippen LogP contribution in [0, 0.1) is 0 Å². The van der Waals surface area contributed by atoms with Gasteiger partial charge in [0.2, 0.25) is 5.91 Å². The Morgan fingerprint density at radius 2 is 1.67 bits per heavy atom. The summed E-state index contributed by atoms with van der Waals surface area (Å²) in [5.41, 5.74) is 2.86. The number of carbonyl (C=O) groups is 1. The Bertz CT molecular complexity index is 135. The fraction of sp³-hybridized carbons (Fsp3) is 0.889. The molecule has 0 aromatic carbocycles. The molecule has 0 bridgehead atoms. The molecule has 12 heavy (non-hydrogen) atoms. The third-order valence-corrected chi connectivity index (χ3v) is 1.69. The van der Waals surface area contributed by atoms with Gasteiger partial charge in [0.05, 0.1) is 0 Å². The summed E-state index contributed by atoms with van der Waals surface area (Å²) in [4.78, 5) is 11.1. The normalized spacial score (nSPS) is 11.3. The highest BCUT2D eigenvalue weighted by Gasteiger charge is 2.14. The van der Waals surface area contributed by atoms with Crippen LogP contribution in [-0.2, 0) is 4.79 Å². The summed E-state index contributed by atoms with van der Waals surface area (Å²) in [5, 5.41) is 1.96. The van der Waals surface area contributed by atoms with Gasteiger partial charge in [0.25, 0.3) is 0 Å². The van der Waals surface area contributed by atoms with E-state index in [1.165, 1.54) is 0 Å². The first kappa shape index (κ1) is 11.4. The molecule has 0 atom stereocenters. The molecule has 0 rings (SSSR count). The van der Waals surface area contributed by atoms with Crippen molar-refractivity contribution < 1.29 is 4.79 Å². The standard InChI is InChI=1S/C9H20N2O/c1-6-9(12)10-11(7(2)3)8(4)5/h7-8H,6H2,1-5H3,(H,10,12). The van der Waals surface area contributed by atoms with Gasteiger partial charge in [-0.3, -0.25) is 10.2 Å². The summed E-state index contributed by atoms with van der Waals surface area (Å²) in [6.45, 7) is 10.1. The van der Waals surface area contributed by atoms with E-state index in [9.17, 15) is 4.79 Å². The quantitative estimate of drug-likeness (QED) is 0.652. The van der Waals surface area contributed by atoms with Crippen molar-refractivity contribution in [3.63, 3.8) is 0 Å². The van der Waals surface area contributed by atoms with E-state index in [0.29, 0.717) is 18.5 Å². The van der Waals surface area contributed by atoms with Gasteiger partial charge in [-0.25, -0.2) is 5.01 Å². The number of rotatable bonds is 4. The van der Waals surface area contributed by atoms with Gasteiger partial charge >= 0.3 is 0 Å². The van der Waals surface area contributed by atoms with Crippen molar-refractivity contribution in [2.75, 3.05) is 0 Å². The van der Waals surface area contributed by atoms with E-state index in [1.807, 2.05) is 11.9 Å². The maximum atomic E-state index is 11.1. The molecule has 0 aliphatic heterocycles. The first-order valence-corrected chi connectivity index (χ1v) is 4.56. The second kappa shape index (κ2) is 5.14. The number of nitrogens with one attached hydrogen (secondary N) is 1. The van der Waals surface area contributed by atoms with E-state index in [0.717, 1.165) is 0 Å². The lowest BCUT2D eigenvalue weighted by molar-refractivity contribution is -0.127. The molecule has 0 saturated carbocycles. The highest BCUT2D eigenvalue weighted by atomic mass is 16.2. The van der Waals surface area contributed by atoms with Crippen molar-refractivity contribution in [1.82, 2.24) is 10.4 Å². The molecule has 0 radical (unpaired) electrons. The number of hydrogen-bond acceptors (Lipinski definition) is 2. The van der Waals surface area contributed by atoms with Gasteiger partial charge in [-0.1, -0.05) is 6.92 Å². The predicted octanol–water partition coefficient (Wildman–Crippen LogP) is 1.55. The highest BCUT2D eigenvalue weighted by molar-refractivity contribution is 5.74. The maximum Gasteiger partial charge on any atom is 0.234 e. The van der Waals surface area contributed by atoms with E-state index < -0.39 is 0 Å². The molecular formula is C9H20N2O. The summed E-state index contributed by atoms with van der Waals surface area (Å²) >= 11 is 0. The van der Waals surface area contributed by atoms with Crippen LogP contribution in [-0.4, -0.2) is 23.0 Å². The van der Waals surface area contributed by atoms with Crippen LogP contribution in [0.5, 0.6) is 0 Å². The molecule has 0 unspecified atom stereocenters. The lowest BCUT2D eigenvalue weighted by atomic mass is 10.3. The van der Waals surface area contributed by atoms with Crippen molar-refractivity contribution in [3.05, 3.63) is 0 Å². The van der Waals surface area contributed by atoms with E-state index in [-0.39, 0.29) is 5.91 Å². The molecule has 0 aromatic rings. The molecular weight excluding hydrogens is 152 g/mol. The topological polar surface area (TPSA) is 32.3 Å². The van der Waals surface area contributed by atoms with Gasteiger partial charge in [-0.15, -0.1) is 0 Å². The fourth-order valence-electron chi connectivity index (χ4n) is 1.08. The van der Waals surface area contributed by atoms with Crippen LogP contribution >= 0.6 is 0 Å². The summed E-state index contributed by atoms with van der Waals surface area (Å²) in [5.74, 6) is 0.0809. The molecule has 0 fully saturated rings. The molecule has 3 nitrogen and oxygen atoms in total. The van der Waals surface area contributed by atoms with Crippen molar-refractivity contribution >= 4 is 5.91 Å². The summed E-state index contributed by atoms with van der Waals surface area (Å²) in [7, 11) is 0. The molecule has 0 spiro atoms. The Labute approximate surface area is 75.1 Å². The minimum atomic E-state index is 0.0809. The Hall–Kier alpha value is -0.570. The number of amides is 1. The van der Waals surface area contributed by atoms with Crippen LogP contribution in [0.4, 0.5) is 0 Å². The zero-order valence-electron chi connectivity index (χ0n) is 8.72. The maximum absolute atomic E-state index is 11.1. The van der Waals surface area contributed by atoms with Crippen LogP contribution < -0.4 is 5.43 Å². The summed E-state index contributed by atoms with van der Waals surface area (Å²) in [6, 6.07) is 0.695. The smallest absolute Gasteiger partial charge is 0.234 e. The second-order valence-corrected chi connectivity index (χ2v) is 3.48. The molecule has 0 heterocycles. The number of nitrogens with zero attached hydrogens (tertiary/aromatic N) is 1. The number of hydrazine groups is 1. The van der Waals surface area contributed by atoms with Gasteiger partial charge in [0.15, 0.2) is 0 Å². The average molecular weight is 172 g/mol. The van der Waals surface area contributed by atoms with Crippen LogP contribution in [0.25, 0.3) is 0 Å². The van der Waals surface area contributed by atoms with E-state index in [1.54, 1.807) is 0 Å². The Kier molecular flexibility index (Phi) is 4.90. The minimum absolute atomic E-state index is 0.0809. The average Bonchev–Trinajstić information content (AvgIpc) is 1.98. The van der Waals surface area contributed by atoms with Crippen molar-refractivity contribution in [2.45, 2.75) is 53.1 Å². The molecule has 0 aliphatic carbocycles. The molecule has 1 N–H and O–H groups in total. The van der Waals surface area contributed by atoms with E-state index in [2.05, 4.69) is 33.1 Å². The third kappa shape index (κ3) is 3.72. The Morgan fingerprint density at radius 3 is 1.92 bits per heavy atom.